The van der Waals surface area contributed by atoms with Crippen molar-refractivity contribution in [2.75, 3.05) is 18.2 Å². The molecule has 3 aromatic rings. The summed E-state index contributed by atoms with van der Waals surface area (Å²) in [5.74, 6) is 0.341. The molecule has 21 heavy (non-hydrogen) atoms. The fraction of sp³-hybridized carbons (Fsp3) is 0.154. The van der Waals surface area contributed by atoms with Crippen molar-refractivity contribution >= 4 is 45.0 Å². The molecule has 0 radical (unpaired) electrons. The highest BCUT2D eigenvalue weighted by Crippen LogP contribution is 2.26. The maximum absolute atomic E-state index is 13.1. The van der Waals surface area contributed by atoms with Crippen LogP contribution in [0.2, 0.25) is 0 Å². The fourth-order valence-corrected chi connectivity index (χ4v) is 2.61. The fourth-order valence-electron chi connectivity index (χ4n) is 1.91. The second-order valence-electron chi connectivity index (χ2n) is 4.27. The molecule has 8 heteroatoms. The molecule has 0 saturated carbocycles. The second kappa shape index (κ2) is 5.61. The normalized spacial score (nSPS) is 11.0. The molecule has 0 fully saturated rings. The maximum Gasteiger partial charge on any atom is 0.235 e. The van der Waals surface area contributed by atoms with Crippen molar-refractivity contribution in [3.05, 3.63) is 40.8 Å². The van der Waals surface area contributed by atoms with Gasteiger partial charge in [0, 0.05) is 12.7 Å². The number of benzene rings is 1. The molecule has 0 aliphatic carbocycles. The molecule has 0 atom stereocenters. The number of thioether (sulfide) groups is 1. The lowest BCUT2D eigenvalue weighted by atomic mass is 10.3. The van der Waals surface area contributed by atoms with E-state index >= 15 is 0 Å². The highest BCUT2D eigenvalue weighted by atomic mass is 79.9. The van der Waals surface area contributed by atoms with E-state index < -0.39 is 0 Å². The van der Waals surface area contributed by atoms with Gasteiger partial charge >= 0.3 is 0 Å². The molecule has 1 aromatic carbocycles. The van der Waals surface area contributed by atoms with Gasteiger partial charge in [-0.05, 0) is 46.5 Å². The van der Waals surface area contributed by atoms with Crippen molar-refractivity contribution in [3.8, 4) is 0 Å². The van der Waals surface area contributed by atoms with Gasteiger partial charge in [-0.25, -0.2) is 9.37 Å². The molecule has 0 bridgehead atoms. The summed E-state index contributed by atoms with van der Waals surface area (Å²) in [4.78, 5) is 10.8. The Morgan fingerprint density at radius 2 is 1.95 bits per heavy atom. The molecule has 0 aliphatic heterocycles. The number of nitrogens with zero attached hydrogens (tertiary/aromatic N) is 5. The minimum atomic E-state index is -0.272. The summed E-state index contributed by atoms with van der Waals surface area (Å²) in [5, 5.41) is 4.92. The Labute approximate surface area is 133 Å². The van der Waals surface area contributed by atoms with E-state index in [2.05, 4.69) is 31.0 Å². The first kappa shape index (κ1) is 14.3. The molecule has 2 aromatic heterocycles. The molecule has 108 valence electrons. The predicted molar refractivity (Wildman–Crippen MR) is 84.7 cm³/mol. The van der Waals surface area contributed by atoms with Crippen LogP contribution in [-0.2, 0) is 0 Å². The standard InChI is InChI=1S/C13H11BrFN5S/c1-19(9-5-3-8(15)4-6-9)13-18-12(21-2)17-11-10(14)7-16-20(11)13/h3-7H,1-2H3. The Hall–Kier alpha value is -1.67. The highest BCUT2D eigenvalue weighted by Gasteiger charge is 2.15. The van der Waals surface area contributed by atoms with Gasteiger partial charge in [-0.1, -0.05) is 11.8 Å². The number of rotatable bonds is 3. The van der Waals surface area contributed by atoms with E-state index in [9.17, 15) is 4.39 Å². The van der Waals surface area contributed by atoms with Crippen LogP contribution in [0.25, 0.3) is 5.65 Å². The monoisotopic (exact) mass is 367 g/mol. The van der Waals surface area contributed by atoms with E-state index in [-0.39, 0.29) is 5.82 Å². The molecule has 0 saturated heterocycles. The molecular formula is C13H11BrFN5S. The molecule has 2 heterocycles. The third-order valence-corrected chi connectivity index (χ3v) is 4.09. The highest BCUT2D eigenvalue weighted by molar-refractivity contribution is 9.10. The van der Waals surface area contributed by atoms with Crippen molar-refractivity contribution in [2.45, 2.75) is 5.16 Å². The van der Waals surface area contributed by atoms with Gasteiger partial charge < -0.3 is 4.90 Å². The lowest BCUT2D eigenvalue weighted by molar-refractivity contribution is 0.628. The van der Waals surface area contributed by atoms with Crippen molar-refractivity contribution in [2.24, 2.45) is 0 Å². The summed E-state index contributed by atoms with van der Waals surface area (Å²) >= 11 is 4.88. The minimum absolute atomic E-state index is 0.272. The molecule has 0 amide bonds. The molecule has 0 N–H and O–H groups in total. The lowest BCUT2D eigenvalue weighted by Crippen LogP contribution is -2.17. The Morgan fingerprint density at radius 3 is 2.62 bits per heavy atom. The van der Waals surface area contributed by atoms with E-state index in [1.54, 1.807) is 22.8 Å². The first-order valence-electron chi connectivity index (χ1n) is 6.04. The van der Waals surface area contributed by atoms with Crippen LogP contribution in [0.3, 0.4) is 0 Å². The van der Waals surface area contributed by atoms with Crippen LogP contribution in [0.4, 0.5) is 16.0 Å². The van der Waals surface area contributed by atoms with Gasteiger partial charge in [-0.2, -0.15) is 14.6 Å². The van der Waals surface area contributed by atoms with Crippen LogP contribution < -0.4 is 4.90 Å². The van der Waals surface area contributed by atoms with Crippen LogP contribution >= 0.6 is 27.7 Å². The molecule has 0 spiro atoms. The zero-order valence-corrected chi connectivity index (χ0v) is 13.7. The third kappa shape index (κ3) is 2.60. The van der Waals surface area contributed by atoms with Gasteiger partial charge in [0.05, 0.1) is 10.7 Å². The first-order chi connectivity index (χ1) is 10.1. The summed E-state index contributed by atoms with van der Waals surface area (Å²) in [6.45, 7) is 0. The Balaban J connectivity index is 2.16. The number of anilines is 2. The number of hydrogen-bond acceptors (Lipinski definition) is 5. The zero-order chi connectivity index (χ0) is 15.0. The lowest BCUT2D eigenvalue weighted by Gasteiger charge is -2.19. The number of hydrogen-bond donors (Lipinski definition) is 0. The zero-order valence-electron chi connectivity index (χ0n) is 11.3. The summed E-state index contributed by atoms with van der Waals surface area (Å²) in [5.41, 5.74) is 1.51. The van der Waals surface area contributed by atoms with Crippen molar-refractivity contribution < 1.29 is 4.39 Å². The summed E-state index contributed by atoms with van der Waals surface area (Å²) in [7, 11) is 1.86. The van der Waals surface area contributed by atoms with Gasteiger partial charge in [-0.15, -0.1) is 0 Å². The first-order valence-corrected chi connectivity index (χ1v) is 8.06. The van der Waals surface area contributed by atoms with E-state index in [0.29, 0.717) is 16.8 Å². The van der Waals surface area contributed by atoms with Gasteiger partial charge in [0.2, 0.25) is 5.95 Å². The van der Waals surface area contributed by atoms with Crippen LogP contribution in [0.1, 0.15) is 0 Å². The summed E-state index contributed by atoms with van der Waals surface area (Å²) in [6.07, 6.45) is 3.59. The molecular weight excluding hydrogens is 357 g/mol. The van der Waals surface area contributed by atoms with Crippen molar-refractivity contribution in [1.82, 2.24) is 19.6 Å². The van der Waals surface area contributed by atoms with Crippen molar-refractivity contribution in [3.63, 3.8) is 0 Å². The largest absolute Gasteiger partial charge is 0.313 e. The van der Waals surface area contributed by atoms with Crippen LogP contribution in [-0.4, -0.2) is 32.9 Å². The van der Waals surface area contributed by atoms with Gasteiger partial charge in [0.15, 0.2) is 10.8 Å². The Bertz CT molecular complexity index is 789. The molecule has 0 unspecified atom stereocenters. The smallest absolute Gasteiger partial charge is 0.235 e. The Kier molecular flexibility index (Phi) is 3.81. The SMILES string of the molecule is CSc1nc(N(C)c2ccc(F)cc2)n2ncc(Br)c2n1. The number of halogens is 2. The van der Waals surface area contributed by atoms with E-state index in [0.717, 1.165) is 10.2 Å². The average Bonchev–Trinajstić information content (AvgIpc) is 2.88. The predicted octanol–water partition coefficient (Wildman–Crippen LogP) is 3.52. The molecule has 0 aliphatic rings. The third-order valence-electron chi connectivity index (χ3n) is 2.98. The second-order valence-corrected chi connectivity index (χ2v) is 5.90. The van der Waals surface area contributed by atoms with Crippen molar-refractivity contribution in [1.29, 1.82) is 0 Å². The number of fused-ring (bicyclic) bond motifs is 1. The van der Waals surface area contributed by atoms with Crippen LogP contribution in [0.5, 0.6) is 0 Å². The summed E-state index contributed by atoms with van der Waals surface area (Å²) < 4.78 is 15.5. The minimum Gasteiger partial charge on any atom is -0.313 e. The van der Waals surface area contributed by atoms with E-state index in [1.165, 1.54) is 23.9 Å². The van der Waals surface area contributed by atoms with E-state index in [1.807, 2.05) is 18.2 Å². The average molecular weight is 368 g/mol. The Morgan fingerprint density at radius 1 is 1.24 bits per heavy atom. The van der Waals surface area contributed by atoms with Gasteiger partial charge in [0.1, 0.15) is 5.82 Å². The maximum atomic E-state index is 13.1. The quantitative estimate of drug-likeness (QED) is 0.662. The molecule has 5 nitrogen and oxygen atoms in total. The molecule has 3 rings (SSSR count). The van der Waals surface area contributed by atoms with Gasteiger partial charge in [-0.3, -0.25) is 0 Å². The summed E-state index contributed by atoms with van der Waals surface area (Å²) in [6, 6.07) is 6.22. The van der Waals surface area contributed by atoms with Crippen LogP contribution in [0, 0.1) is 5.82 Å². The van der Waals surface area contributed by atoms with Crippen LogP contribution in [0.15, 0.2) is 40.1 Å². The number of aromatic nitrogens is 4. The van der Waals surface area contributed by atoms with Gasteiger partial charge in [0.25, 0.3) is 0 Å². The topological polar surface area (TPSA) is 46.3 Å². The van der Waals surface area contributed by atoms with E-state index in [4.69, 9.17) is 0 Å².